The number of aryl methyl sites for hydroxylation is 1. The summed E-state index contributed by atoms with van der Waals surface area (Å²) in [5.74, 6) is -1.52. The van der Waals surface area contributed by atoms with E-state index in [1.54, 1.807) is 30.5 Å². The van der Waals surface area contributed by atoms with Crippen LogP contribution in [0.4, 0.5) is 20.5 Å². The highest BCUT2D eigenvalue weighted by atomic mass is 32.1. The second kappa shape index (κ2) is 10.7. The topological polar surface area (TPSA) is 118 Å². The van der Waals surface area contributed by atoms with Gasteiger partial charge >= 0.3 is 5.97 Å². The normalized spacial score (nSPS) is 17.2. The number of amides is 1. The number of aromatic nitrogens is 2. The first kappa shape index (κ1) is 25.6. The van der Waals surface area contributed by atoms with Gasteiger partial charge in [-0.05, 0) is 24.6 Å². The van der Waals surface area contributed by atoms with E-state index in [1.807, 2.05) is 6.07 Å². The first-order chi connectivity index (χ1) is 18.3. The maximum atomic E-state index is 15.4. The number of benzene rings is 2. The van der Waals surface area contributed by atoms with Crippen LogP contribution in [0, 0.1) is 5.82 Å². The van der Waals surface area contributed by atoms with Gasteiger partial charge in [-0.25, -0.2) is 13.8 Å². The number of anilines is 2. The monoisotopic (exact) mass is 542 g/mol. The van der Waals surface area contributed by atoms with Gasteiger partial charge < -0.3 is 24.5 Å². The molecule has 12 heteroatoms. The molecule has 2 aromatic heterocycles. The van der Waals surface area contributed by atoms with Crippen molar-refractivity contribution in [2.75, 3.05) is 19.0 Å². The molecule has 1 unspecified atom stereocenters. The highest BCUT2D eigenvalue weighted by Gasteiger charge is 2.38. The van der Waals surface area contributed by atoms with Crippen LogP contribution in [0.3, 0.4) is 0 Å². The first-order valence-corrected chi connectivity index (χ1v) is 12.7. The minimum absolute atomic E-state index is 0.0415. The Morgan fingerprint density at radius 1 is 1.29 bits per heavy atom. The number of alkyl halides is 1. The highest BCUT2D eigenvalue weighted by molar-refractivity contribution is 7.11. The third-order valence-electron chi connectivity index (χ3n) is 6.28. The summed E-state index contributed by atoms with van der Waals surface area (Å²) in [6.07, 6.45) is 0.381. The van der Waals surface area contributed by atoms with Gasteiger partial charge in [-0.15, -0.1) is 11.3 Å². The molecule has 198 valence electrons. The average Bonchev–Trinajstić information content (AvgIpc) is 3.63. The summed E-state index contributed by atoms with van der Waals surface area (Å²) in [4.78, 5) is 34.7. The van der Waals surface area contributed by atoms with E-state index in [0.717, 1.165) is 4.88 Å². The van der Waals surface area contributed by atoms with Crippen LogP contribution >= 0.6 is 11.3 Å². The lowest BCUT2D eigenvalue weighted by molar-refractivity contribution is -0.137. The number of thiazole rings is 1. The number of oxazole rings is 1. The molecule has 0 aliphatic carbocycles. The molecule has 2 atom stereocenters. The van der Waals surface area contributed by atoms with Crippen LogP contribution in [0.25, 0.3) is 11.1 Å². The molecule has 5 rings (SSSR count). The van der Waals surface area contributed by atoms with Crippen molar-refractivity contribution in [1.29, 1.82) is 0 Å². The van der Waals surface area contributed by atoms with Gasteiger partial charge in [0.25, 0.3) is 6.01 Å². The van der Waals surface area contributed by atoms with Gasteiger partial charge in [0.15, 0.2) is 11.4 Å². The second-order valence-electron chi connectivity index (χ2n) is 8.86. The lowest BCUT2D eigenvalue weighted by atomic mass is 10.1. The fourth-order valence-corrected chi connectivity index (χ4v) is 5.48. The Morgan fingerprint density at radius 2 is 2.11 bits per heavy atom. The molecule has 0 saturated carbocycles. The molecule has 9 nitrogen and oxygen atoms in total. The Balaban J connectivity index is 1.33. The summed E-state index contributed by atoms with van der Waals surface area (Å²) < 4.78 is 40.7. The van der Waals surface area contributed by atoms with Gasteiger partial charge in [0.2, 0.25) is 5.91 Å². The van der Waals surface area contributed by atoms with Crippen molar-refractivity contribution in [3.63, 3.8) is 0 Å². The standard InChI is InChI=1S/C26H24F2N4O5S/c1-36-20-5-3-2-4-17(20)30-26-31-18-8-6-14(23(28)24(18)37-26)10-21(33)32-13-15(27)11-19(32)25-29-12-16(38-25)7-9-22(34)35/h2-6,8,12,15,19H,7,9-11,13H2,1H3,(H,30,31)(H,34,35)/t15-,19?/m0/s1. The number of methoxy groups -OCH3 is 1. The predicted molar refractivity (Wildman–Crippen MR) is 136 cm³/mol. The number of carboxylic acid groups (broad SMARTS) is 1. The van der Waals surface area contributed by atoms with Crippen molar-refractivity contribution in [3.8, 4) is 5.75 Å². The van der Waals surface area contributed by atoms with E-state index in [4.69, 9.17) is 14.3 Å². The molecule has 3 heterocycles. The molecule has 1 aliphatic heterocycles. The number of nitrogens with one attached hydrogen (secondary N) is 1. The molecule has 2 aromatic carbocycles. The number of hydrogen-bond acceptors (Lipinski definition) is 8. The van der Waals surface area contributed by atoms with Crippen molar-refractivity contribution in [1.82, 2.24) is 14.9 Å². The van der Waals surface area contributed by atoms with Gasteiger partial charge in [-0.2, -0.15) is 4.98 Å². The number of carbonyl (C=O) groups excluding carboxylic acids is 1. The molecule has 4 aromatic rings. The lowest BCUT2D eigenvalue weighted by Gasteiger charge is -2.23. The maximum absolute atomic E-state index is 15.4. The van der Waals surface area contributed by atoms with Gasteiger partial charge in [0.1, 0.15) is 22.4 Å². The molecule has 1 aliphatic rings. The predicted octanol–water partition coefficient (Wildman–Crippen LogP) is 5.05. The largest absolute Gasteiger partial charge is 0.495 e. The molecule has 0 radical (unpaired) electrons. The number of hydrogen-bond donors (Lipinski definition) is 2. The van der Waals surface area contributed by atoms with E-state index in [0.29, 0.717) is 22.9 Å². The van der Waals surface area contributed by atoms with Crippen molar-refractivity contribution in [2.24, 2.45) is 0 Å². The molecule has 38 heavy (non-hydrogen) atoms. The number of carboxylic acids is 1. The zero-order valence-corrected chi connectivity index (χ0v) is 21.1. The van der Waals surface area contributed by atoms with E-state index >= 15 is 4.39 Å². The van der Waals surface area contributed by atoms with Crippen molar-refractivity contribution in [2.45, 2.75) is 37.9 Å². The fourth-order valence-electron chi connectivity index (χ4n) is 4.44. The molecule has 0 spiro atoms. The average molecular weight is 543 g/mol. The fraction of sp³-hybridized carbons (Fsp3) is 0.308. The molecule has 1 fully saturated rings. The number of para-hydroxylation sites is 2. The van der Waals surface area contributed by atoms with Gasteiger partial charge in [-0.3, -0.25) is 9.59 Å². The third-order valence-corrected chi connectivity index (χ3v) is 7.44. The van der Waals surface area contributed by atoms with Crippen LogP contribution in [0.2, 0.25) is 0 Å². The summed E-state index contributed by atoms with van der Waals surface area (Å²) in [5.41, 5.74) is 0.865. The smallest absolute Gasteiger partial charge is 0.303 e. The summed E-state index contributed by atoms with van der Waals surface area (Å²) in [7, 11) is 1.53. The Morgan fingerprint density at radius 3 is 2.89 bits per heavy atom. The number of rotatable bonds is 9. The zero-order valence-electron chi connectivity index (χ0n) is 20.3. The molecule has 1 saturated heterocycles. The van der Waals surface area contributed by atoms with E-state index in [-0.39, 0.29) is 48.5 Å². The Bertz CT molecular complexity index is 1490. The zero-order chi connectivity index (χ0) is 26.8. The SMILES string of the molecule is COc1ccccc1Nc1nc2ccc(CC(=O)N3C[C@@H](F)CC3c3ncc(CCC(=O)O)s3)c(F)c2o1. The van der Waals surface area contributed by atoms with Gasteiger partial charge in [0, 0.05) is 23.1 Å². The van der Waals surface area contributed by atoms with Crippen molar-refractivity contribution < 1.29 is 32.6 Å². The Kier molecular flexibility index (Phi) is 7.23. The molecule has 0 bridgehead atoms. The first-order valence-electron chi connectivity index (χ1n) is 11.9. The minimum Gasteiger partial charge on any atom is -0.495 e. The number of halogens is 2. The van der Waals surface area contributed by atoms with Gasteiger partial charge in [-0.1, -0.05) is 18.2 Å². The summed E-state index contributed by atoms with van der Waals surface area (Å²) in [6, 6.07) is 9.63. The summed E-state index contributed by atoms with van der Waals surface area (Å²) >= 11 is 1.26. The third kappa shape index (κ3) is 5.30. The van der Waals surface area contributed by atoms with Crippen LogP contribution in [0.5, 0.6) is 5.75 Å². The van der Waals surface area contributed by atoms with E-state index in [1.165, 1.54) is 29.4 Å². The van der Waals surface area contributed by atoms with E-state index in [9.17, 15) is 14.0 Å². The van der Waals surface area contributed by atoms with Crippen LogP contribution < -0.4 is 10.1 Å². The van der Waals surface area contributed by atoms with Crippen LogP contribution in [0.15, 0.2) is 47.0 Å². The number of likely N-dealkylation sites (tertiary alicyclic amines) is 1. The minimum atomic E-state index is -1.24. The number of carbonyl (C=O) groups is 2. The Labute approximate surface area is 220 Å². The summed E-state index contributed by atoms with van der Waals surface area (Å²) in [6.45, 7) is -0.118. The van der Waals surface area contributed by atoms with E-state index in [2.05, 4.69) is 15.3 Å². The van der Waals surface area contributed by atoms with Crippen LogP contribution in [-0.2, 0) is 22.4 Å². The quantitative estimate of drug-likeness (QED) is 0.302. The second-order valence-corrected chi connectivity index (χ2v) is 10.0. The van der Waals surface area contributed by atoms with Gasteiger partial charge in [0.05, 0.1) is 38.2 Å². The van der Waals surface area contributed by atoms with Crippen molar-refractivity contribution >= 4 is 46.0 Å². The molecule has 1 amide bonds. The maximum Gasteiger partial charge on any atom is 0.303 e. The highest BCUT2D eigenvalue weighted by Crippen LogP contribution is 2.37. The van der Waals surface area contributed by atoms with E-state index < -0.39 is 29.9 Å². The molecular weight excluding hydrogens is 518 g/mol. The van der Waals surface area contributed by atoms with Crippen LogP contribution in [-0.4, -0.2) is 51.7 Å². The number of nitrogens with zero attached hydrogens (tertiary/aromatic N) is 3. The number of aliphatic carboxylic acids is 1. The lowest BCUT2D eigenvalue weighted by Crippen LogP contribution is -2.32. The van der Waals surface area contributed by atoms with Crippen LogP contribution in [0.1, 0.15) is 34.3 Å². The molecular formula is C26H24F2N4O5S. The van der Waals surface area contributed by atoms with Crippen molar-refractivity contribution in [3.05, 3.63) is 63.9 Å². The number of fused-ring (bicyclic) bond motifs is 1. The molecule has 2 N–H and O–H groups in total. The Hall–Kier alpha value is -4.06. The number of ether oxygens (including phenoxy) is 1. The summed E-state index contributed by atoms with van der Waals surface area (Å²) in [5, 5.41) is 12.4.